The smallest absolute Gasteiger partial charge is 0.391 e. The molecule has 1 unspecified atom stereocenters. The number of fused-ring (bicyclic) bond motifs is 4. The molecule has 3 aliphatic rings. The Hall–Kier alpha value is -2.67. The van der Waals surface area contributed by atoms with Gasteiger partial charge in [-0.25, -0.2) is 21.8 Å². The number of rotatable bonds is 13. The molecule has 0 amide bonds. The van der Waals surface area contributed by atoms with Crippen LogP contribution in [0.1, 0.15) is 12.0 Å². The molecular formula is C27H34F2N5O6PS2+2. The molecule has 3 aliphatic heterocycles. The van der Waals surface area contributed by atoms with Crippen LogP contribution in [0.3, 0.4) is 0 Å². The van der Waals surface area contributed by atoms with Crippen LogP contribution < -0.4 is 19.7 Å². The molecule has 3 fully saturated rings. The van der Waals surface area contributed by atoms with Crippen LogP contribution >= 0.6 is 18.9 Å². The number of sulfonamides is 1. The van der Waals surface area contributed by atoms with Crippen molar-refractivity contribution in [1.82, 2.24) is 4.72 Å². The van der Waals surface area contributed by atoms with Gasteiger partial charge in [0.15, 0.2) is 0 Å². The Balaban J connectivity index is 1.19. The van der Waals surface area contributed by atoms with Gasteiger partial charge in [0.2, 0.25) is 0 Å². The number of nitrogens with zero attached hydrogens (tertiary/aromatic N) is 3. The lowest BCUT2D eigenvalue weighted by Gasteiger charge is -2.55. The van der Waals surface area contributed by atoms with E-state index >= 15 is 0 Å². The standard InChI is InChI=1S/C27H33F2N5O6PS2/c28-24-14-21(3-2-20(24)18-31)40-41(35,36)19-32-43(37,38)27-17-23-25(29)15-22(16-26(23)42-27)39-13-12-34-9-6-33(7-10-34,8-11-34)5-1-4-30/h2-3,14-17,32H,1,4-13,19,30H2/q+1/p+1. The Kier molecular flexibility index (Phi) is 9.14. The maximum Gasteiger partial charge on any atom is 0.391 e. The molecule has 232 valence electrons. The van der Waals surface area contributed by atoms with E-state index in [9.17, 15) is 26.7 Å². The van der Waals surface area contributed by atoms with E-state index in [1.807, 2.05) is 4.72 Å². The number of nitrogens with two attached hydrogens (primary N) is 1. The van der Waals surface area contributed by atoms with E-state index in [0.29, 0.717) is 23.6 Å². The number of thiophene rings is 1. The summed E-state index contributed by atoms with van der Waals surface area (Å²) in [5.41, 5.74) is 5.44. The predicted octanol–water partition coefficient (Wildman–Crippen LogP) is 2.94. The van der Waals surface area contributed by atoms with Gasteiger partial charge < -0.3 is 28.9 Å². The summed E-state index contributed by atoms with van der Waals surface area (Å²) in [6, 6.07) is 8.51. The molecule has 0 radical (unpaired) electrons. The van der Waals surface area contributed by atoms with Crippen LogP contribution in [-0.4, -0.2) is 94.1 Å². The molecule has 2 aromatic carbocycles. The highest BCUT2D eigenvalue weighted by molar-refractivity contribution is 7.92. The molecule has 11 nitrogen and oxygen atoms in total. The number of hydrogen-bond donors (Lipinski definition) is 3. The van der Waals surface area contributed by atoms with Crippen LogP contribution in [0.15, 0.2) is 40.6 Å². The van der Waals surface area contributed by atoms with Crippen molar-refractivity contribution in [3.8, 4) is 17.6 Å². The summed E-state index contributed by atoms with van der Waals surface area (Å²) in [4.78, 5) is 10.1. The average Bonchev–Trinajstić information content (AvgIpc) is 3.42. The zero-order valence-corrected chi connectivity index (χ0v) is 25.9. The fraction of sp³-hybridized carbons (Fsp3) is 0.444. The van der Waals surface area contributed by atoms with Crippen LogP contribution in [0.2, 0.25) is 0 Å². The average molecular weight is 658 g/mol. The third kappa shape index (κ3) is 7.19. The Labute approximate surface area is 252 Å². The van der Waals surface area contributed by atoms with Gasteiger partial charge in [0.05, 0.1) is 12.1 Å². The van der Waals surface area contributed by atoms with Crippen LogP contribution in [0.5, 0.6) is 11.5 Å². The van der Waals surface area contributed by atoms with Gasteiger partial charge in [-0.05, 0) is 30.8 Å². The van der Waals surface area contributed by atoms with Crippen molar-refractivity contribution < 1.29 is 44.9 Å². The lowest BCUT2D eigenvalue weighted by molar-refractivity contribution is -1.08. The minimum atomic E-state index is -4.60. The van der Waals surface area contributed by atoms with Crippen LogP contribution in [0, 0.1) is 23.0 Å². The topological polar surface area (TPSA) is 152 Å². The quantitative estimate of drug-likeness (QED) is 0.188. The van der Waals surface area contributed by atoms with E-state index in [-0.39, 0.29) is 20.9 Å². The number of nitriles is 1. The molecule has 3 saturated heterocycles. The second kappa shape index (κ2) is 12.4. The molecule has 6 rings (SSSR count). The van der Waals surface area contributed by atoms with Crippen molar-refractivity contribution >= 4 is 39.0 Å². The SMILES string of the molecule is N#Cc1ccc(OP(=O)(O)CNS(=O)(=O)c2cc3c(F)cc(OCC[N+]45CC[N+](CCCN)(CC4)CC5)cc3s2)cc1F. The number of halogens is 2. The number of quaternary nitrogens is 2. The normalized spacial score (nSPS) is 23.1. The molecule has 0 saturated carbocycles. The van der Waals surface area contributed by atoms with Gasteiger partial charge >= 0.3 is 7.60 Å². The molecular weight excluding hydrogens is 623 g/mol. The number of benzene rings is 2. The third-order valence-electron chi connectivity index (χ3n) is 8.38. The van der Waals surface area contributed by atoms with Gasteiger partial charge in [-0.3, -0.25) is 0 Å². The second-order valence-corrected chi connectivity index (χ2v) is 16.0. The maximum atomic E-state index is 15.0. The minimum Gasteiger partial charge on any atom is -0.488 e. The Bertz CT molecular complexity index is 1690. The monoisotopic (exact) mass is 657 g/mol. The lowest BCUT2D eigenvalue weighted by Crippen LogP contribution is -2.75. The molecule has 0 spiro atoms. The maximum absolute atomic E-state index is 15.0. The second-order valence-electron chi connectivity index (χ2n) is 11.1. The first-order valence-electron chi connectivity index (χ1n) is 13.8. The van der Waals surface area contributed by atoms with Gasteiger partial charge in [-0.2, -0.15) is 9.98 Å². The van der Waals surface area contributed by atoms with Crippen molar-refractivity contribution in [3.63, 3.8) is 0 Å². The van der Waals surface area contributed by atoms with Crippen molar-refractivity contribution in [1.29, 1.82) is 5.26 Å². The molecule has 16 heteroatoms. The highest BCUT2D eigenvalue weighted by Crippen LogP contribution is 2.42. The van der Waals surface area contributed by atoms with Crippen molar-refractivity contribution in [2.45, 2.75) is 10.6 Å². The molecule has 43 heavy (non-hydrogen) atoms. The highest BCUT2D eigenvalue weighted by Gasteiger charge is 2.48. The molecule has 4 N–H and O–H groups in total. The van der Waals surface area contributed by atoms with Gasteiger partial charge in [0.25, 0.3) is 10.0 Å². The fourth-order valence-electron chi connectivity index (χ4n) is 5.74. The molecule has 1 atom stereocenters. The molecule has 0 aliphatic carbocycles. The predicted molar refractivity (Wildman–Crippen MR) is 157 cm³/mol. The van der Waals surface area contributed by atoms with E-state index in [2.05, 4.69) is 0 Å². The zero-order valence-electron chi connectivity index (χ0n) is 23.4. The van der Waals surface area contributed by atoms with E-state index in [1.165, 1.54) is 6.07 Å². The van der Waals surface area contributed by atoms with E-state index in [1.54, 1.807) is 12.1 Å². The summed E-state index contributed by atoms with van der Waals surface area (Å²) in [6.07, 6.45) is 0.0207. The van der Waals surface area contributed by atoms with Gasteiger partial charge in [-0.1, -0.05) is 0 Å². The molecule has 1 aromatic heterocycles. The van der Waals surface area contributed by atoms with E-state index in [4.69, 9.17) is 20.3 Å². The number of nitrogens with one attached hydrogen (secondary N) is 1. The van der Waals surface area contributed by atoms with Gasteiger partial charge in [0, 0.05) is 28.6 Å². The Morgan fingerprint density at radius 2 is 1.67 bits per heavy atom. The van der Waals surface area contributed by atoms with Gasteiger partial charge in [-0.15, -0.1) is 11.3 Å². The Morgan fingerprint density at radius 1 is 1.02 bits per heavy atom. The largest absolute Gasteiger partial charge is 0.488 e. The fourth-order valence-corrected chi connectivity index (χ4v) is 9.72. The zero-order chi connectivity index (χ0) is 30.9. The lowest BCUT2D eigenvalue weighted by atomic mass is 10.1. The van der Waals surface area contributed by atoms with Crippen LogP contribution in [0.4, 0.5) is 8.78 Å². The number of ether oxygens (including phenoxy) is 1. The van der Waals surface area contributed by atoms with Crippen molar-refractivity contribution in [2.24, 2.45) is 5.73 Å². The molecule has 4 heterocycles. The summed E-state index contributed by atoms with van der Waals surface area (Å²) in [6.45, 7) is 9.69. The van der Waals surface area contributed by atoms with Gasteiger partial charge in [0.1, 0.15) is 92.1 Å². The highest BCUT2D eigenvalue weighted by atomic mass is 32.2. The number of piperazine rings is 3. The van der Waals surface area contributed by atoms with E-state index in [0.717, 1.165) is 103 Å². The summed E-state index contributed by atoms with van der Waals surface area (Å²) in [7, 11) is -8.93. The summed E-state index contributed by atoms with van der Waals surface area (Å²) < 4.78 is 82.0. The third-order valence-corrected chi connectivity index (χ3v) is 12.6. The number of hydrogen-bond acceptors (Lipinski definition) is 8. The molecule has 3 aromatic rings. The van der Waals surface area contributed by atoms with E-state index < -0.39 is 35.5 Å². The summed E-state index contributed by atoms with van der Waals surface area (Å²) in [5, 5.41) is 8.88. The van der Waals surface area contributed by atoms with Crippen LogP contribution in [-0.2, 0) is 14.6 Å². The summed E-state index contributed by atoms with van der Waals surface area (Å²) in [5.74, 6) is -1.65. The van der Waals surface area contributed by atoms with Crippen molar-refractivity contribution in [3.05, 3.63) is 53.6 Å². The first kappa shape index (κ1) is 31.7. The first-order valence-corrected chi connectivity index (χ1v) is 17.9. The van der Waals surface area contributed by atoms with Crippen LogP contribution in [0.25, 0.3) is 10.1 Å². The van der Waals surface area contributed by atoms with Crippen molar-refractivity contribution in [2.75, 3.05) is 71.8 Å². The summed E-state index contributed by atoms with van der Waals surface area (Å²) >= 11 is 0.793. The minimum absolute atomic E-state index is 0.0785. The first-order chi connectivity index (χ1) is 20.4. The Morgan fingerprint density at radius 3 is 2.30 bits per heavy atom. The molecule has 2 bridgehead atoms.